The highest BCUT2D eigenvalue weighted by molar-refractivity contribution is 5.91. The number of carbonyl (C=O) groups excluding carboxylic acids is 1. The van der Waals surface area contributed by atoms with Crippen LogP contribution in [-0.4, -0.2) is 19.1 Å². The van der Waals surface area contributed by atoms with Gasteiger partial charge in [0.25, 0.3) is 0 Å². The molecular formula is C14H21ClN2O2. The molecule has 4 nitrogen and oxygen atoms in total. The van der Waals surface area contributed by atoms with E-state index >= 15 is 0 Å². The Balaban J connectivity index is 0.00000324. The summed E-state index contributed by atoms with van der Waals surface area (Å²) >= 11 is 0. The number of carbonyl (C=O) groups is 1. The Morgan fingerprint density at radius 2 is 2.26 bits per heavy atom. The van der Waals surface area contributed by atoms with Crippen LogP contribution in [0.5, 0.6) is 0 Å². The van der Waals surface area contributed by atoms with E-state index in [0.717, 1.165) is 11.3 Å². The fraction of sp³-hybridized carbons (Fsp3) is 0.357. The molecule has 1 aromatic carbocycles. The van der Waals surface area contributed by atoms with Crippen LogP contribution in [0.25, 0.3) is 0 Å². The van der Waals surface area contributed by atoms with Crippen molar-refractivity contribution >= 4 is 29.7 Å². The van der Waals surface area contributed by atoms with Gasteiger partial charge in [-0.2, -0.15) is 0 Å². The molecule has 0 aliphatic carbocycles. The highest BCUT2D eigenvalue weighted by Crippen LogP contribution is 2.18. The first kappa shape index (κ1) is 17.5. The van der Waals surface area contributed by atoms with Crippen molar-refractivity contribution in [3.63, 3.8) is 0 Å². The summed E-state index contributed by atoms with van der Waals surface area (Å²) in [7, 11) is 0. The molecule has 0 atom stereocenters. The van der Waals surface area contributed by atoms with E-state index in [2.05, 4.69) is 11.9 Å². The normalized spacial score (nSPS) is 9.53. The van der Waals surface area contributed by atoms with Gasteiger partial charge < -0.3 is 15.8 Å². The Bertz CT molecular complexity index is 422. The Morgan fingerprint density at radius 1 is 1.53 bits per heavy atom. The summed E-state index contributed by atoms with van der Waals surface area (Å²) in [5.41, 5.74) is 8.09. The minimum Gasteiger partial charge on any atom is -0.399 e. The molecule has 0 unspecified atom stereocenters. The topological polar surface area (TPSA) is 64.3 Å². The van der Waals surface area contributed by atoms with E-state index in [-0.39, 0.29) is 18.3 Å². The minimum atomic E-state index is -0.0223. The van der Waals surface area contributed by atoms with Crippen LogP contribution >= 0.6 is 12.4 Å². The van der Waals surface area contributed by atoms with Crippen molar-refractivity contribution in [1.29, 1.82) is 0 Å². The van der Waals surface area contributed by atoms with Crippen molar-refractivity contribution in [2.45, 2.75) is 19.8 Å². The van der Waals surface area contributed by atoms with Crippen molar-refractivity contribution in [1.82, 2.24) is 0 Å². The van der Waals surface area contributed by atoms with E-state index in [1.807, 2.05) is 19.1 Å². The molecule has 0 aromatic heterocycles. The number of nitrogen functional groups attached to an aromatic ring is 1. The number of hydrogen-bond donors (Lipinski definition) is 2. The number of aryl methyl sites for hydroxylation is 1. The third kappa shape index (κ3) is 6.84. The molecule has 0 spiro atoms. The van der Waals surface area contributed by atoms with Crippen LogP contribution in [0, 0.1) is 6.92 Å². The molecule has 106 valence electrons. The number of nitrogens with one attached hydrogen (secondary N) is 1. The van der Waals surface area contributed by atoms with Gasteiger partial charge in [0.1, 0.15) is 0 Å². The molecule has 1 aromatic rings. The molecule has 0 saturated heterocycles. The molecule has 1 rings (SSSR count). The van der Waals surface area contributed by atoms with Crippen LogP contribution in [0.4, 0.5) is 11.4 Å². The molecule has 1 amide bonds. The molecule has 5 heteroatoms. The third-order valence-corrected chi connectivity index (χ3v) is 2.46. The molecule has 0 radical (unpaired) electrons. The summed E-state index contributed by atoms with van der Waals surface area (Å²) in [6, 6.07) is 5.47. The minimum absolute atomic E-state index is 0. The maximum absolute atomic E-state index is 11.7. The van der Waals surface area contributed by atoms with E-state index in [9.17, 15) is 4.79 Å². The molecule has 0 aliphatic heterocycles. The van der Waals surface area contributed by atoms with Gasteiger partial charge >= 0.3 is 0 Å². The molecule has 19 heavy (non-hydrogen) atoms. The van der Waals surface area contributed by atoms with E-state index in [1.54, 1.807) is 12.1 Å². The lowest BCUT2D eigenvalue weighted by molar-refractivity contribution is -0.116. The van der Waals surface area contributed by atoms with Crippen LogP contribution in [0.1, 0.15) is 18.4 Å². The molecule has 0 heterocycles. The van der Waals surface area contributed by atoms with Crippen LogP contribution in [0.2, 0.25) is 0 Å². The number of rotatable bonds is 7. The number of nitrogens with two attached hydrogens (primary N) is 1. The summed E-state index contributed by atoms with van der Waals surface area (Å²) in [6.45, 7) is 6.57. The molecule has 3 N–H and O–H groups in total. The predicted octanol–water partition coefficient (Wildman–Crippen LogP) is 2.92. The monoisotopic (exact) mass is 284 g/mol. The van der Waals surface area contributed by atoms with Gasteiger partial charge in [0, 0.05) is 24.4 Å². The summed E-state index contributed by atoms with van der Waals surface area (Å²) in [5, 5.41) is 2.85. The van der Waals surface area contributed by atoms with E-state index < -0.39 is 0 Å². The first-order valence-electron chi connectivity index (χ1n) is 5.98. The SMILES string of the molecule is C=CCOCCCC(=O)Nc1cc(N)ccc1C.Cl. The van der Waals surface area contributed by atoms with Gasteiger partial charge in [0.15, 0.2) is 0 Å². The Morgan fingerprint density at radius 3 is 2.95 bits per heavy atom. The zero-order valence-corrected chi connectivity index (χ0v) is 12.0. The molecule has 0 saturated carbocycles. The maximum Gasteiger partial charge on any atom is 0.224 e. The van der Waals surface area contributed by atoms with E-state index in [4.69, 9.17) is 10.5 Å². The summed E-state index contributed by atoms with van der Waals surface area (Å²) in [5.74, 6) is -0.0223. The molecule has 0 fully saturated rings. The second kappa shape index (κ2) is 9.42. The number of amides is 1. The fourth-order valence-electron chi connectivity index (χ4n) is 1.49. The van der Waals surface area contributed by atoms with Crippen molar-refractivity contribution in [2.75, 3.05) is 24.3 Å². The smallest absolute Gasteiger partial charge is 0.224 e. The Hall–Kier alpha value is -1.52. The lowest BCUT2D eigenvalue weighted by Gasteiger charge is -2.09. The van der Waals surface area contributed by atoms with Gasteiger partial charge in [-0.15, -0.1) is 19.0 Å². The van der Waals surface area contributed by atoms with Crippen LogP contribution in [0.15, 0.2) is 30.9 Å². The largest absolute Gasteiger partial charge is 0.399 e. The zero-order valence-electron chi connectivity index (χ0n) is 11.1. The van der Waals surface area contributed by atoms with Crippen LogP contribution < -0.4 is 11.1 Å². The fourth-order valence-corrected chi connectivity index (χ4v) is 1.49. The quantitative estimate of drug-likeness (QED) is 0.460. The summed E-state index contributed by atoms with van der Waals surface area (Å²) < 4.78 is 5.21. The van der Waals surface area contributed by atoms with Crippen LogP contribution in [0.3, 0.4) is 0 Å². The molecule has 0 aliphatic rings. The lowest BCUT2D eigenvalue weighted by Crippen LogP contribution is -2.13. The summed E-state index contributed by atoms with van der Waals surface area (Å²) in [6.07, 6.45) is 2.82. The number of hydrogen-bond acceptors (Lipinski definition) is 3. The second-order valence-electron chi connectivity index (χ2n) is 4.09. The van der Waals surface area contributed by atoms with Gasteiger partial charge in [-0.1, -0.05) is 12.1 Å². The standard InChI is InChI=1S/C14H20N2O2.ClH/c1-3-8-18-9-4-5-14(17)16-13-10-12(15)7-6-11(13)2;/h3,6-7,10H,1,4-5,8-9,15H2,2H3,(H,16,17);1H. The number of halogens is 1. The van der Waals surface area contributed by atoms with Gasteiger partial charge in [0.05, 0.1) is 6.61 Å². The van der Waals surface area contributed by atoms with Gasteiger partial charge in [-0.25, -0.2) is 0 Å². The second-order valence-corrected chi connectivity index (χ2v) is 4.09. The summed E-state index contributed by atoms with van der Waals surface area (Å²) in [4.78, 5) is 11.7. The van der Waals surface area contributed by atoms with Crippen LogP contribution in [-0.2, 0) is 9.53 Å². The highest BCUT2D eigenvalue weighted by Gasteiger charge is 2.04. The highest BCUT2D eigenvalue weighted by atomic mass is 35.5. The van der Waals surface area contributed by atoms with Crippen molar-refractivity contribution in [2.24, 2.45) is 0 Å². The average Bonchev–Trinajstić information content (AvgIpc) is 2.33. The number of ether oxygens (including phenoxy) is 1. The van der Waals surface area contributed by atoms with E-state index in [1.165, 1.54) is 0 Å². The zero-order chi connectivity index (χ0) is 13.4. The Kier molecular flexibility index (Phi) is 8.66. The van der Waals surface area contributed by atoms with Gasteiger partial charge in [-0.3, -0.25) is 4.79 Å². The number of anilines is 2. The molecular weight excluding hydrogens is 264 g/mol. The predicted molar refractivity (Wildman–Crippen MR) is 81.7 cm³/mol. The average molecular weight is 285 g/mol. The Labute approximate surface area is 120 Å². The maximum atomic E-state index is 11.7. The number of benzene rings is 1. The first-order chi connectivity index (χ1) is 8.63. The third-order valence-electron chi connectivity index (χ3n) is 2.46. The van der Waals surface area contributed by atoms with Crippen molar-refractivity contribution in [3.8, 4) is 0 Å². The molecule has 0 bridgehead atoms. The van der Waals surface area contributed by atoms with Gasteiger partial charge in [0.2, 0.25) is 5.91 Å². The van der Waals surface area contributed by atoms with Crippen molar-refractivity contribution in [3.05, 3.63) is 36.4 Å². The van der Waals surface area contributed by atoms with Gasteiger partial charge in [-0.05, 0) is 31.0 Å². The first-order valence-corrected chi connectivity index (χ1v) is 5.98. The van der Waals surface area contributed by atoms with Crippen molar-refractivity contribution < 1.29 is 9.53 Å². The van der Waals surface area contributed by atoms with E-state index in [0.29, 0.717) is 31.7 Å². The lowest BCUT2D eigenvalue weighted by atomic mass is 10.1.